The van der Waals surface area contributed by atoms with Crippen LogP contribution in [0.25, 0.3) is 0 Å². The first-order valence-corrected chi connectivity index (χ1v) is 20.3. The zero-order valence-electron chi connectivity index (χ0n) is 33.2. The standard InChI is InChI=1S/C40H49F3N8O6S/c1-24-21-48(22-25(2)49(24)23-34(53)46-32-18-27(13-15-45-32)39(5)14-12-33(52)47-35(39)54)16-17-57-29-9-7-28(8-10-29)50-37(56)51(36(55)38(50,3)4)58-30-11-6-26(20-44)31(19-30)40(41,42)43/h6,11,13,15,18-19,24-25,28-29H,7-10,12,14,16-17,21-23H2,1-5H3,(H,45,46,53)(H,47,52,54)/t24-,25+,28?,29?,39?. The maximum absolute atomic E-state index is 13.6. The lowest BCUT2D eigenvalue weighted by atomic mass is 9.76. The van der Waals surface area contributed by atoms with Crippen LogP contribution < -0.4 is 10.6 Å². The predicted molar refractivity (Wildman–Crippen MR) is 207 cm³/mol. The van der Waals surface area contributed by atoms with Crippen molar-refractivity contribution in [3.05, 3.63) is 53.2 Å². The summed E-state index contributed by atoms with van der Waals surface area (Å²) in [6.07, 6.45) is -0.0829. The van der Waals surface area contributed by atoms with Crippen LogP contribution in [0, 0.1) is 11.3 Å². The molecule has 312 valence electrons. The van der Waals surface area contributed by atoms with Crippen LogP contribution >= 0.6 is 11.9 Å². The molecule has 1 aromatic carbocycles. The number of piperazine rings is 1. The van der Waals surface area contributed by atoms with E-state index in [0.717, 1.165) is 29.5 Å². The Morgan fingerprint density at radius 2 is 1.74 bits per heavy atom. The second-order valence-electron chi connectivity index (χ2n) is 16.3. The first-order chi connectivity index (χ1) is 27.3. The number of anilines is 1. The Balaban J connectivity index is 0.946. The number of alkyl halides is 3. The van der Waals surface area contributed by atoms with Crippen molar-refractivity contribution in [1.82, 2.24) is 29.3 Å². The highest BCUT2D eigenvalue weighted by molar-refractivity contribution is 7.98. The van der Waals surface area contributed by atoms with Crippen molar-refractivity contribution in [2.24, 2.45) is 0 Å². The highest BCUT2D eigenvalue weighted by Gasteiger charge is 2.55. The molecule has 2 aromatic rings. The number of carbonyl (C=O) groups excluding carboxylic acids is 5. The number of amides is 6. The minimum atomic E-state index is -4.77. The normalized spacial score (nSPS) is 27.1. The number of benzene rings is 1. The molecular weight excluding hydrogens is 778 g/mol. The zero-order chi connectivity index (χ0) is 42.2. The number of halogens is 3. The molecule has 3 saturated heterocycles. The van der Waals surface area contributed by atoms with Gasteiger partial charge in [0.15, 0.2) is 0 Å². The number of pyridine rings is 1. The summed E-state index contributed by atoms with van der Waals surface area (Å²) in [5, 5.41) is 14.4. The summed E-state index contributed by atoms with van der Waals surface area (Å²) in [6, 6.07) is 7.41. The van der Waals surface area contributed by atoms with Crippen LogP contribution in [0.3, 0.4) is 0 Å². The highest BCUT2D eigenvalue weighted by Crippen LogP contribution is 2.42. The Hall–Kier alpha value is -4.57. The van der Waals surface area contributed by atoms with Crippen LogP contribution in [0.1, 0.15) is 89.8 Å². The molecule has 6 amide bonds. The molecular formula is C40H49F3N8O6S. The van der Waals surface area contributed by atoms with E-state index >= 15 is 0 Å². The molecule has 14 nitrogen and oxygen atoms in total. The van der Waals surface area contributed by atoms with Gasteiger partial charge in [-0.2, -0.15) is 22.7 Å². The second-order valence-corrected chi connectivity index (χ2v) is 17.4. The number of urea groups is 1. The third-order valence-electron chi connectivity index (χ3n) is 11.8. The number of rotatable bonds is 11. The van der Waals surface area contributed by atoms with E-state index in [1.807, 2.05) is 0 Å². The molecule has 4 fully saturated rings. The van der Waals surface area contributed by atoms with Gasteiger partial charge in [0.05, 0.1) is 41.9 Å². The van der Waals surface area contributed by atoms with E-state index < -0.39 is 40.2 Å². The van der Waals surface area contributed by atoms with E-state index in [1.54, 1.807) is 44.0 Å². The highest BCUT2D eigenvalue weighted by atomic mass is 32.2. The SMILES string of the molecule is C[C@@H]1CN(CCOC2CCC(N3C(=O)N(Sc4ccc(C#N)c(C(F)(F)F)c4)C(=O)C3(C)C)CC2)C[C@H](C)N1CC(=O)Nc1cc(C2(C)CCC(=O)NC2=O)ccn1. The third-order valence-corrected chi connectivity index (χ3v) is 12.8. The summed E-state index contributed by atoms with van der Waals surface area (Å²) in [5.41, 5.74) is -3.08. The van der Waals surface area contributed by atoms with Gasteiger partial charge in [0.1, 0.15) is 11.4 Å². The zero-order valence-corrected chi connectivity index (χ0v) is 34.0. The third kappa shape index (κ3) is 9.02. The number of imide groups is 2. The smallest absolute Gasteiger partial charge is 0.377 e. The van der Waals surface area contributed by atoms with Gasteiger partial charge in [-0.15, -0.1) is 0 Å². The quantitative estimate of drug-likeness (QED) is 0.176. The van der Waals surface area contributed by atoms with Gasteiger partial charge in [0.2, 0.25) is 17.7 Å². The van der Waals surface area contributed by atoms with Gasteiger partial charge in [-0.25, -0.2) is 9.78 Å². The van der Waals surface area contributed by atoms with E-state index in [4.69, 9.17) is 10.00 Å². The Morgan fingerprint density at radius 3 is 2.38 bits per heavy atom. The van der Waals surface area contributed by atoms with Gasteiger partial charge in [-0.3, -0.25) is 34.3 Å². The maximum atomic E-state index is 13.6. The van der Waals surface area contributed by atoms with Crippen LogP contribution in [0.15, 0.2) is 41.4 Å². The van der Waals surface area contributed by atoms with Gasteiger partial charge in [0.25, 0.3) is 5.91 Å². The Morgan fingerprint density at radius 1 is 1.05 bits per heavy atom. The Kier molecular flexibility index (Phi) is 12.6. The molecule has 1 saturated carbocycles. The summed E-state index contributed by atoms with van der Waals surface area (Å²) < 4.78 is 47.9. The van der Waals surface area contributed by atoms with Gasteiger partial charge < -0.3 is 15.0 Å². The summed E-state index contributed by atoms with van der Waals surface area (Å²) in [4.78, 5) is 74.9. The lowest BCUT2D eigenvalue weighted by Crippen LogP contribution is -2.58. The van der Waals surface area contributed by atoms with Crippen molar-refractivity contribution >= 4 is 47.4 Å². The molecule has 4 heterocycles. The number of carbonyl (C=O) groups is 5. The fourth-order valence-electron chi connectivity index (χ4n) is 8.53. The number of piperidine rings is 1. The molecule has 3 atom stereocenters. The Labute approximate surface area is 339 Å². The number of nitrogens with one attached hydrogen (secondary N) is 2. The molecule has 58 heavy (non-hydrogen) atoms. The van der Waals surface area contributed by atoms with Gasteiger partial charge in [-0.1, -0.05) is 0 Å². The van der Waals surface area contributed by atoms with Crippen LogP contribution in [-0.2, 0) is 35.5 Å². The molecule has 1 aromatic heterocycles. The van der Waals surface area contributed by atoms with Gasteiger partial charge in [0, 0.05) is 55.3 Å². The van der Waals surface area contributed by atoms with Crippen molar-refractivity contribution in [3.8, 4) is 6.07 Å². The summed E-state index contributed by atoms with van der Waals surface area (Å²) in [5.74, 6) is -1.06. The van der Waals surface area contributed by atoms with Crippen molar-refractivity contribution < 1.29 is 41.9 Å². The number of aromatic nitrogens is 1. The first kappa shape index (κ1) is 43.0. The van der Waals surface area contributed by atoms with Crippen LogP contribution in [0.5, 0.6) is 0 Å². The summed E-state index contributed by atoms with van der Waals surface area (Å²) in [7, 11) is 0. The second kappa shape index (κ2) is 17.0. The van der Waals surface area contributed by atoms with Gasteiger partial charge in [-0.05, 0) is 115 Å². The monoisotopic (exact) mass is 826 g/mol. The minimum absolute atomic E-state index is 0.0251. The Bertz CT molecular complexity index is 1970. The van der Waals surface area contributed by atoms with Crippen molar-refractivity contribution in [3.63, 3.8) is 0 Å². The largest absolute Gasteiger partial charge is 0.417 e. The topological polar surface area (TPSA) is 168 Å². The van der Waals surface area contributed by atoms with Crippen molar-refractivity contribution in [1.29, 1.82) is 5.26 Å². The number of ether oxygens (including phenoxy) is 1. The van der Waals surface area contributed by atoms with E-state index in [1.165, 1.54) is 12.1 Å². The van der Waals surface area contributed by atoms with E-state index in [-0.39, 0.29) is 59.8 Å². The van der Waals surface area contributed by atoms with Gasteiger partial charge >= 0.3 is 12.2 Å². The molecule has 1 unspecified atom stereocenters. The van der Waals surface area contributed by atoms with Crippen LogP contribution in [-0.4, -0.2) is 116 Å². The molecule has 4 aliphatic rings. The molecule has 0 radical (unpaired) electrons. The number of hydrogen-bond acceptors (Lipinski definition) is 11. The van der Waals surface area contributed by atoms with Crippen molar-refractivity contribution in [2.45, 2.75) is 119 Å². The molecule has 6 rings (SSSR count). The number of nitriles is 1. The first-order valence-electron chi connectivity index (χ1n) is 19.5. The molecule has 3 aliphatic heterocycles. The van der Waals surface area contributed by atoms with E-state index in [2.05, 4.69) is 39.3 Å². The lowest BCUT2D eigenvalue weighted by Gasteiger charge is -2.44. The minimum Gasteiger partial charge on any atom is -0.377 e. The summed E-state index contributed by atoms with van der Waals surface area (Å²) in [6.45, 7) is 12.1. The molecule has 0 bridgehead atoms. The molecule has 1 aliphatic carbocycles. The maximum Gasteiger partial charge on any atom is 0.417 e. The van der Waals surface area contributed by atoms with E-state index in [9.17, 15) is 37.1 Å². The molecule has 18 heteroatoms. The summed E-state index contributed by atoms with van der Waals surface area (Å²) >= 11 is 0.629. The van der Waals surface area contributed by atoms with Crippen LogP contribution in [0.4, 0.5) is 23.8 Å². The van der Waals surface area contributed by atoms with Crippen LogP contribution in [0.2, 0.25) is 0 Å². The number of nitrogens with zero attached hydrogens (tertiary/aromatic N) is 6. The average Bonchev–Trinajstić information content (AvgIpc) is 3.33. The molecule has 0 spiro atoms. The van der Waals surface area contributed by atoms with E-state index in [0.29, 0.717) is 68.6 Å². The molecule has 2 N–H and O–H groups in total. The fourth-order valence-corrected chi connectivity index (χ4v) is 9.52. The lowest BCUT2D eigenvalue weighted by molar-refractivity contribution is -0.138. The number of hydrogen-bond donors (Lipinski definition) is 2. The predicted octanol–water partition coefficient (Wildman–Crippen LogP) is 5.08. The van der Waals surface area contributed by atoms with Crippen molar-refractivity contribution in [2.75, 3.05) is 38.1 Å². The average molecular weight is 827 g/mol. The fraction of sp³-hybridized carbons (Fsp3) is 0.575.